The van der Waals surface area contributed by atoms with E-state index in [0.29, 0.717) is 9.32 Å². The van der Waals surface area contributed by atoms with Crippen molar-refractivity contribution in [2.75, 3.05) is 6.61 Å². The largest absolute Gasteiger partial charge is 0.478 e. The van der Waals surface area contributed by atoms with Crippen LogP contribution in [0.4, 0.5) is 4.39 Å². The van der Waals surface area contributed by atoms with E-state index < -0.39 is 0 Å². The molecule has 1 aromatic rings. The SMILES string of the molecule is N#CCOc1cccc(F)c1I. The Kier molecular flexibility index (Phi) is 3.29. The Morgan fingerprint density at radius 1 is 1.58 bits per heavy atom. The molecule has 1 rings (SSSR count). The van der Waals surface area contributed by atoms with Gasteiger partial charge in [-0.3, -0.25) is 0 Å². The number of rotatable bonds is 2. The van der Waals surface area contributed by atoms with Gasteiger partial charge in [-0.2, -0.15) is 5.26 Å². The van der Waals surface area contributed by atoms with E-state index in [0.717, 1.165) is 0 Å². The van der Waals surface area contributed by atoms with Gasteiger partial charge < -0.3 is 4.74 Å². The van der Waals surface area contributed by atoms with Gasteiger partial charge in [0.05, 0.1) is 3.57 Å². The summed E-state index contributed by atoms with van der Waals surface area (Å²) in [5.41, 5.74) is 0. The normalized spacial score (nSPS) is 9.08. The molecule has 0 bridgehead atoms. The van der Waals surface area contributed by atoms with E-state index in [1.807, 2.05) is 28.7 Å². The summed E-state index contributed by atoms with van der Waals surface area (Å²) in [6.07, 6.45) is 0. The maximum atomic E-state index is 12.8. The summed E-state index contributed by atoms with van der Waals surface area (Å²) in [7, 11) is 0. The van der Waals surface area contributed by atoms with E-state index in [-0.39, 0.29) is 12.4 Å². The van der Waals surface area contributed by atoms with E-state index in [1.54, 1.807) is 12.1 Å². The lowest BCUT2D eigenvalue weighted by Gasteiger charge is -2.03. The minimum Gasteiger partial charge on any atom is -0.478 e. The second-order valence-electron chi connectivity index (χ2n) is 2.00. The molecule has 0 radical (unpaired) electrons. The summed E-state index contributed by atoms with van der Waals surface area (Å²) in [5, 5.41) is 8.22. The molecule has 0 aliphatic rings. The molecule has 0 saturated heterocycles. The number of ether oxygens (including phenoxy) is 1. The Hall–Kier alpha value is -0.830. The fourth-order valence-electron chi connectivity index (χ4n) is 0.706. The lowest BCUT2D eigenvalue weighted by molar-refractivity contribution is 0.362. The fourth-order valence-corrected chi connectivity index (χ4v) is 1.22. The van der Waals surface area contributed by atoms with E-state index in [4.69, 9.17) is 10.00 Å². The van der Waals surface area contributed by atoms with Gasteiger partial charge in [-0.1, -0.05) is 6.07 Å². The van der Waals surface area contributed by atoms with E-state index in [1.165, 1.54) is 6.07 Å². The number of benzene rings is 1. The molecule has 0 N–H and O–H groups in total. The first-order valence-electron chi connectivity index (χ1n) is 3.19. The molecule has 0 fully saturated rings. The minimum absolute atomic E-state index is 0.0561. The fraction of sp³-hybridized carbons (Fsp3) is 0.125. The summed E-state index contributed by atoms with van der Waals surface area (Å²) in [5.74, 6) is 0.0863. The van der Waals surface area contributed by atoms with Crippen LogP contribution in [0.1, 0.15) is 0 Å². The molecular weight excluding hydrogens is 272 g/mol. The second kappa shape index (κ2) is 4.26. The van der Waals surface area contributed by atoms with Gasteiger partial charge in [0.15, 0.2) is 6.61 Å². The molecule has 1 aromatic carbocycles. The van der Waals surface area contributed by atoms with E-state index in [2.05, 4.69) is 0 Å². The molecular formula is C8H5FINO. The number of nitrogens with zero attached hydrogens (tertiary/aromatic N) is 1. The topological polar surface area (TPSA) is 33.0 Å². The van der Waals surface area contributed by atoms with Gasteiger partial charge in [-0.25, -0.2) is 4.39 Å². The van der Waals surface area contributed by atoms with Crippen molar-refractivity contribution in [3.63, 3.8) is 0 Å². The molecule has 0 aliphatic carbocycles. The Balaban J connectivity index is 2.86. The van der Waals surface area contributed by atoms with Crippen LogP contribution in [0.5, 0.6) is 5.75 Å². The molecule has 0 unspecified atom stereocenters. The molecule has 0 saturated carbocycles. The smallest absolute Gasteiger partial charge is 0.174 e. The van der Waals surface area contributed by atoms with Gasteiger partial charge in [0.25, 0.3) is 0 Å². The van der Waals surface area contributed by atoms with Crippen LogP contribution in [0.3, 0.4) is 0 Å². The second-order valence-corrected chi connectivity index (χ2v) is 3.08. The first-order chi connectivity index (χ1) is 5.75. The van der Waals surface area contributed by atoms with Crippen molar-refractivity contribution in [3.05, 3.63) is 27.6 Å². The quantitative estimate of drug-likeness (QED) is 0.777. The zero-order valence-corrected chi connectivity index (χ0v) is 8.21. The van der Waals surface area contributed by atoms with Crippen LogP contribution in [0.25, 0.3) is 0 Å². The highest BCUT2D eigenvalue weighted by molar-refractivity contribution is 14.1. The predicted octanol–water partition coefficient (Wildman–Crippen LogP) is 2.33. The van der Waals surface area contributed by atoms with Crippen molar-refractivity contribution in [3.8, 4) is 11.8 Å². The molecule has 0 amide bonds. The maximum Gasteiger partial charge on any atom is 0.174 e. The monoisotopic (exact) mass is 277 g/mol. The Morgan fingerprint density at radius 2 is 2.33 bits per heavy atom. The summed E-state index contributed by atoms with van der Waals surface area (Å²) < 4.78 is 18.2. The highest BCUT2D eigenvalue weighted by Gasteiger charge is 2.04. The van der Waals surface area contributed by atoms with Crippen LogP contribution in [0.15, 0.2) is 18.2 Å². The molecule has 4 heteroatoms. The van der Waals surface area contributed by atoms with Crippen LogP contribution >= 0.6 is 22.6 Å². The molecule has 12 heavy (non-hydrogen) atoms. The first kappa shape index (κ1) is 9.26. The summed E-state index contributed by atoms with van der Waals surface area (Å²) >= 11 is 1.84. The predicted molar refractivity (Wildman–Crippen MR) is 50.2 cm³/mol. The average Bonchev–Trinajstić information content (AvgIpc) is 2.08. The molecule has 0 spiro atoms. The van der Waals surface area contributed by atoms with Crippen molar-refractivity contribution in [1.82, 2.24) is 0 Å². The first-order valence-corrected chi connectivity index (χ1v) is 4.27. The third-order valence-electron chi connectivity index (χ3n) is 1.21. The summed E-state index contributed by atoms with van der Waals surface area (Å²) in [6.45, 7) is -0.0561. The number of hydrogen-bond acceptors (Lipinski definition) is 2. The highest BCUT2D eigenvalue weighted by Crippen LogP contribution is 2.22. The average molecular weight is 277 g/mol. The minimum atomic E-state index is -0.328. The van der Waals surface area contributed by atoms with Crippen molar-refractivity contribution in [1.29, 1.82) is 5.26 Å². The third-order valence-corrected chi connectivity index (χ3v) is 2.26. The lowest BCUT2D eigenvalue weighted by Crippen LogP contribution is -1.96. The van der Waals surface area contributed by atoms with Crippen LogP contribution in [0, 0.1) is 20.7 Å². The highest BCUT2D eigenvalue weighted by atomic mass is 127. The zero-order chi connectivity index (χ0) is 8.97. The van der Waals surface area contributed by atoms with E-state index >= 15 is 0 Å². The third kappa shape index (κ3) is 2.08. The van der Waals surface area contributed by atoms with Crippen molar-refractivity contribution >= 4 is 22.6 Å². The molecule has 0 heterocycles. The van der Waals surface area contributed by atoms with E-state index in [9.17, 15) is 4.39 Å². The molecule has 0 atom stereocenters. The van der Waals surface area contributed by atoms with Gasteiger partial charge in [0.1, 0.15) is 17.6 Å². The molecule has 2 nitrogen and oxygen atoms in total. The Bertz CT molecular complexity index is 321. The van der Waals surface area contributed by atoms with Gasteiger partial charge in [-0.05, 0) is 34.7 Å². The molecule has 0 aromatic heterocycles. The van der Waals surface area contributed by atoms with Crippen LogP contribution in [-0.4, -0.2) is 6.61 Å². The summed E-state index contributed by atoms with van der Waals surface area (Å²) in [4.78, 5) is 0. The molecule has 0 aliphatic heterocycles. The van der Waals surface area contributed by atoms with Crippen LogP contribution in [-0.2, 0) is 0 Å². The van der Waals surface area contributed by atoms with Crippen molar-refractivity contribution in [2.45, 2.75) is 0 Å². The number of hydrogen-bond donors (Lipinski definition) is 0. The zero-order valence-electron chi connectivity index (χ0n) is 6.05. The van der Waals surface area contributed by atoms with Gasteiger partial charge in [0, 0.05) is 0 Å². The van der Waals surface area contributed by atoms with Gasteiger partial charge >= 0.3 is 0 Å². The Morgan fingerprint density at radius 3 is 3.00 bits per heavy atom. The van der Waals surface area contributed by atoms with Gasteiger partial charge in [-0.15, -0.1) is 0 Å². The van der Waals surface area contributed by atoms with Crippen LogP contribution < -0.4 is 4.74 Å². The van der Waals surface area contributed by atoms with Crippen molar-refractivity contribution < 1.29 is 9.13 Å². The van der Waals surface area contributed by atoms with Gasteiger partial charge in [0.2, 0.25) is 0 Å². The standard InChI is InChI=1S/C8H5FINO/c9-6-2-1-3-7(8(6)10)12-5-4-11/h1-3H,5H2. The van der Waals surface area contributed by atoms with Crippen molar-refractivity contribution in [2.24, 2.45) is 0 Å². The summed E-state index contributed by atoms with van der Waals surface area (Å²) in [6, 6.07) is 6.34. The molecule has 62 valence electrons. The Labute approximate surface area is 83.1 Å². The lowest BCUT2D eigenvalue weighted by atomic mass is 10.3. The number of nitriles is 1. The van der Waals surface area contributed by atoms with Crippen LogP contribution in [0.2, 0.25) is 0 Å². The number of halogens is 2. The maximum absolute atomic E-state index is 12.8.